The Balaban J connectivity index is 1.12. The molecule has 2 saturated heterocycles. The average molecular weight is 624 g/mol. The molecule has 2 atom stereocenters. The number of carbonyl (C=O) groups excluding carboxylic acids is 4. The zero-order valence-electron chi connectivity index (χ0n) is 23.7. The first-order valence-corrected chi connectivity index (χ1v) is 16.1. The molecule has 0 spiro atoms. The van der Waals surface area contributed by atoms with Crippen molar-refractivity contribution in [3.8, 4) is 11.3 Å². The summed E-state index contributed by atoms with van der Waals surface area (Å²) in [5, 5.41) is 13.3. The third kappa shape index (κ3) is 6.86. The van der Waals surface area contributed by atoms with Crippen LogP contribution < -0.4 is 16.0 Å². The van der Waals surface area contributed by atoms with Crippen molar-refractivity contribution in [2.24, 2.45) is 0 Å². The van der Waals surface area contributed by atoms with Crippen LogP contribution in [-0.2, 0) is 14.3 Å². The Morgan fingerprint density at radius 1 is 0.977 bits per heavy atom. The summed E-state index contributed by atoms with van der Waals surface area (Å²) in [6.07, 6.45) is 3.22. The minimum absolute atomic E-state index is 0.0798. The van der Waals surface area contributed by atoms with Crippen LogP contribution in [0.2, 0.25) is 0 Å². The van der Waals surface area contributed by atoms with E-state index in [9.17, 15) is 19.2 Å². The van der Waals surface area contributed by atoms with Gasteiger partial charge in [-0.2, -0.15) is 0 Å². The van der Waals surface area contributed by atoms with Crippen LogP contribution in [0.3, 0.4) is 0 Å². The average Bonchev–Trinajstić information content (AvgIpc) is 3.37. The molecule has 12 nitrogen and oxygen atoms in total. The van der Waals surface area contributed by atoms with Crippen molar-refractivity contribution in [3.63, 3.8) is 0 Å². The zero-order chi connectivity index (χ0) is 29.9. The molecule has 0 bridgehead atoms. The van der Waals surface area contributed by atoms with Gasteiger partial charge in [0.1, 0.15) is 11.0 Å². The number of nitrogens with one attached hydrogen (secondary N) is 3. The van der Waals surface area contributed by atoms with Gasteiger partial charge in [-0.05, 0) is 44.7 Å². The van der Waals surface area contributed by atoms with E-state index in [-0.39, 0.29) is 23.8 Å². The first-order chi connectivity index (χ1) is 20.9. The second kappa shape index (κ2) is 12.8. The summed E-state index contributed by atoms with van der Waals surface area (Å²) in [5.74, 6) is -0.768. The standard InChI is InChI=1S/C29H33N7O5S2/c1-17-15-42-26(30-17)23(33-29(40)35-11-13-41-14-12-35)27(39)36-10-2-3-22(36)25(38)34-28-32-21(16-43-28)18-4-6-19(7-5-18)24(37)31-20-8-9-20/h4-7,15-16,20,22-23H,2-3,8-14H2,1H3,(H,31,37)(H,33,40)(H,32,34,38). The molecule has 1 aliphatic carbocycles. The Bertz CT molecular complexity index is 1500. The second-order valence-electron chi connectivity index (χ2n) is 10.9. The van der Waals surface area contributed by atoms with Gasteiger partial charge in [-0.25, -0.2) is 14.8 Å². The van der Waals surface area contributed by atoms with E-state index in [1.54, 1.807) is 17.0 Å². The third-order valence-electron chi connectivity index (χ3n) is 7.63. The van der Waals surface area contributed by atoms with E-state index in [4.69, 9.17) is 4.74 Å². The first-order valence-electron chi connectivity index (χ1n) is 14.4. The van der Waals surface area contributed by atoms with Crippen LogP contribution in [0, 0.1) is 6.92 Å². The minimum atomic E-state index is -0.997. The largest absolute Gasteiger partial charge is 0.378 e. The number of ether oxygens (including phenoxy) is 1. The topological polar surface area (TPSA) is 146 Å². The predicted octanol–water partition coefficient (Wildman–Crippen LogP) is 3.18. The highest BCUT2D eigenvalue weighted by Crippen LogP contribution is 2.29. The molecule has 1 aromatic carbocycles. The lowest BCUT2D eigenvalue weighted by Crippen LogP contribution is -2.52. The lowest BCUT2D eigenvalue weighted by atomic mass is 10.1. The summed E-state index contributed by atoms with van der Waals surface area (Å²) in [6.45, 7) is 3.99. The molecule has 3 fully saturated rings. The number of morpholine rings is 1. The maximum absolute atomic E-state index is 13.9. The zero-order valence-corrected chi connectivity index (χ0v) is 25.3. The second-order valence-corrected chi connectivity index (χ2v) is 12.6. The summed E-state index contributed by atoms with van der Waals surface area (Å²) in [7, 11) is 0. The number of carbonyl (C=O) groups is 4. The summed E-state index contributed by atoms with van der Waals surface area (Å²) in [4.78, 5) is 64.8. The molecule has 3 aliphatic rings. The van der Waals surface area contributed by atoms with E-state index in [1.807, 2.05) is 29.8 Å². The number of nitrogens with zero attached hydrogens (tertiary/aromatic N) is 4. The van der Waals surface area contributed by atoms with E-state index in [2.05, 4.69) is 25.9 Å². The predicted molar refractivity (Wildman–Crippen MR) is 162 cm³/mol. The van der Waals surface area contributed by atoms with Gasteiger partial charge < -0.3 is 30.5 Å². The van der Waals surface area contributed by atoms with Gasteiger partial charge >= 0.3 is 6.03 Å². The van der Waals surface area contributed by atoms with Gasteiger partial charge in [0.2, 0.25) is 5.91 Å². The number of rotatable bonds is 8. The van der Waals surface area contributed by atoms with E-state index in [1.165, 1.54) is 27.6 Å². The highest BCUT2D eigenvalue weighted by Gasteiger charge is 2.40. The van der Waals surface area contributed by atoms with Crippen LogP contribution >= 0.6 is 22.7 Å². The van der Waals surface area contributed by atoms with Crippen molar-refractivity contribution in [2.75, 3.05) is 38.2 Å². The monoisotopic (exact) mass is 623 g/mol. The molecule has 5 amide bonds. The van der Waals surface area contributed by atoms with E-state index < -0.39 is 12.1 Å². The fourth-order valence-electron chi connectivity index (χ4n) is 5.13. The van der Waals surface area contributed by atoms with Crippen LogP contribution in [0.25, 0.3) is 11.3 Å². The summed E-state index contributed by atoms with van der Waals surface area (Å²) in [5.41, 5.74) is 2.86. The van der Waals surface area contributed by atoms with Gasteiger partial charge in [-0.15, -0.1) is 22.7 Å². The number of urea groups is 1. The van der Waals surface area contributed by atoms with Gasteiger partial charge in [0, 0.05) is 53.3 Å². The molecule has 14 heteroatoms. The Labute approximate surface area is 256 Å². The minimum Gasteiger partial charge on any atom is -0.378 e. The smallest absolute Gasteiger partial charge is 0.318 e. The lowest BCUT2D eigenvalue weighted by molar-refractivity contribution is -0.138. The molecule has 2 unspecified atom stereocenters. The van der Waals surface area contributed by atoms with Crippen molar-refractivity contribution < 1.29 is 23.9 Å². The maximum Gasteiger partial charge on any atom is 0.318 e. The molecular weight excluding hydrogens is 590 g/mol. The molecule has 43 heavy (non-hydrogen) atoms. The fourth-order valence-corrected chi connectivity index (χ4v) is 6.68. The first kappa shape index (κ1) is 29.2. The van der Waals surface area contributed by atoms with Crippen molar-refractivity contribution in [1.82, 2.24) is 30.4 Å². The highest BCUT2D eigenvalue weighted by molar-refractivity contribution is 7.14. The van der Waals surface area contributed by atoms with Gasteiger partial charge in [-0.3, -0.25) is 14.4 Å². The van der Waals surface area contributed by atoms with Crippen molar-refractivity contribution >= 4 is 51.6 Å². The molecule has 1 saturated carbocycles. The molecule has 2 aromatic heterocycles. The number of aromatic nitrogens is 2. The molecule has 4 heterocycles. The van der Waals surface area contributed by atoms with Gasteiger partial charge in [0.15, 0.2) is 11.2 Å². The number of likely N-dealkylation sites (tertiary alicyclic amines) is 1. The van der Waals surface area contributed by atoms with Crippen molar-refractivity contribution in [3.05, 3.63) is 51.3 Å². The molecule has 3 N–H and O–H groups in total. The number of aryl methyl sites for hydroxylation is 1. The van der Waals surface area contributed by atoms with E-state index in [0.29, 0.717) is 73.1 Å². The van der Waals surface area contributed by atoms with E-state index >= 15 is 0 Å². The van der Waals surface area contributed by atoms with Crippen LogP contribution in [0.5, 0.6) is 0 Å². The molecule has 6 rings (SSSR count). The molecule has 2 aliphatic heterocycles. The Morgan fingerprint density at radius 3 is 2.44 bits per heavy atom. The van der Waals surface area contributed by atoms with Gasteiger partial charge in [0.05, 0.1) is 18.9 Å². The number of hydrogen-bond donors (Lipinski definition) is 3. The molecular formula is C29H33N7O5S2. The normalized spacial score (nSPS) is 19.1. The lowest BCUT2D eigenvalue weighted by Gasteiger charge is -2.31. The van der Waals surface area contributed by atoms with Gasteiger partial charge in [0.25, 0.3) is 11.8 Å². The number of benzene rings is 1. The Kier molecular flexibility index (Phi) is 8.68. The molecule has 3 aromatic rings. The van der Waals surface area contributed by atoms with Crippen LogP contribution in [-0.4, -0.2) is 88.5 Å². The SMILES string of the molecule is Cc1csc(C(NC(=O)N2CCOCC2)C(=O)N2CCCC2C(=O)Nc2nc(-c3ccc(C(=O)NC4CC4)cc3)cs2)n1. The Hall–Kier alpha value is -3.88. The molecule has 226 valence electrons. The summed E-state index contributed by atoms with van der Waals surface area (Å²) < 4.78 is 5.34. The van der Waals surface area contributed by atoms with Crippen molar-refractivity contribution in [1.29, 1.82) is 0 Å². The number of anilines is 1. The van der Waals surface area contributed by atoms with E-state index in [0.717, 1.165) is 24.1 Å². The summed E-state index contributed by atoms with van der Waals surface area (Å²) in [6, 6.07) is 5.45. The third-order valence-corrected chi connectivity index (χ3v) is 9.41. The highest BCUT2D eigenvalue weighted by atomic mass is 32.1. The van der Waals surface area contributed by atoms with Crippen LogP contribution in [0.15, 0.2) is 35.0 Å². The summed E-state index contributed by atoms with van der Waals surface area (Å²) >= 11 is 2.60. The fraction of sp³-hybridized carbons (Fsp3) is 0.448. The van der Waals surface area contributed by atoms with Crippen LogP contribution in [0.1, 0.15) is 52.8 Å². The number of amides is 5. The number of thiazole rings is 2. The van der Waals surface area contributed by atoms with Crippen LogP contribution in [0.4, 0.5) is 9.93 Å². The van der Waals surface area contributed by atoms with Gasteiger partial charge in [-0.1, -0.05) is 12.1 Å². The quantitative estimate of drug-likeness (QED) is 0.349. The van der Waals surface area contributed by atoms with Crippen molar-refractivity contribution in [2.45, 2.75) is 50.7 Å². The Morgan fingerprint density at radius 2 is 1.74 bits per heavy atom. The molecule has 0 radical (unpaired) electrons. The number of hydrogen-bond acceptors (Lipinski definition) is 9. The maximum atomic E-state index is 13.9.